The highest BCUT2D eigenvalue weighted by molar-refractivity contribution is 8.00. The highest BCUT2D eigenvalue weighted by Crippen LogP contribution is 2.33. The molecule has 2 saturated heterocycles. The molecule has 222 valence electrons. The number of nitrogens with zero attached hydrogens (tertiary/aromatic N) is 1. The summed E-state index contributed by atoms with van der Waals surface area (Å²) in [6, 6.07) is 0.405. The SMILES string of the molecule is Nc1nc2[nH]cc(CNCCOCCOCCOCCNC(=O)CCCC[C@@H]3SC[C@@H]4NC(=O)N[C@@H]43)c2c(=O)[nH]1. The van der Waals surface area contributed by atoms with E-state index in [0.717, 1.165) is 30.6 Å². The van der Waals surface area contributed by atoms with Crippen molar-refractivity contribution in [1.82, 2.24) is 36.2 Å². The topological polar surface area (TPSA) is 198 Å². The normalized spacial score (nSPS) is 20.0. The average molecular weight is 581 g/mol. The van der Waals surface area contributed by atoms with Gasteiger partial charge in [-0.15, -0.1) is 0 Å². The van der Waals surface area contributed by atoms with Crippen LogP contribution in [0.5, 0.6) is 0 Å². The Morgan fingerprint density at radius 2 is 1.80 bits per heavy atom. The maximum atomic E-state index is 12.1. The van der Waals surface area contributed by atoms with E-state index in [1.165, 1.54) is 0 Å². The predicted molar refractivity (Wildman–Crippen MR) is 152 cm³/mol. The number of anilines is 1. The molecule has 0 aliphatic carbocycles. The molecule has 4 heterocycles. The Balaban J connectivity index is 0.892. The Labute approximate surface area is 236 Å². The van der Waals surface area contributed by atoms with E-state index in [4.69, 9.17) is 19.9 Å². The van der Waals surface area contributed by atoms with Crippen molar-refractivity contribution in [1.29, 1.82) is 0 Å². The third-order valence-corrected chi connectivity index (χ3v) is 8.28. The number of aromatic amines is 2. The number of amides is 3. The van der Waals surface area contributed by atoms with Gasteiger partial charge in [-0.1, -0.05) is 6.42 Å². The first-order chi connectivity index (χ1) is 19.5. The first kappa shape index (κ1) is 30.1. The quantitative estimate of drug-likeness (QED) is 0.0864. The second-order valence-corrected chi connectivity index (χ2v) is 11.0. The van der Waals surface area contributed by atoms with Crippen LogP contribution in [0, 0.1) is 0 Å². The molecule has 2 aliphatic heterocycles. The maximum absolute atomic E-state index is 12.1. The van der Waals surface area contributed by atoms with E-state index in [1.807, 2.05) is 11.8 Å². The Hall–Kier alpha value is -2.85. The summed E-state index contributed by atoms with van der Waals surface area (Å²) in [4.78, 5) is 45.0. The van der Waals surface area contributed by atoms with Crippen LogP contribution in [0.1, 0.15) is 31.2 Å². The number of hydrogen-bond acceptors (Lipinski definition) is 10. The molecule has 40 heavy (non-hydrogen) atoms. The van der Waals surface area contributed by atoms with Gasteiger partial charge >= 0.3 is 6.03 Å². The van der Waals surface area contributed by atoms with E-state index in [1.54, 1.807) is 6.20 Å². The van der Waals surface area contributed by atoms with Gasteiger partial charge in [0.25, 0.3) is 5.56 Å². The number of urea groups is 1. The molecule has 4 rings (SSSR count). The standard InChI is InChI=1S/C25H40N8O6S/c26-24-32-22-20(23(35)33-24)16(14-29-22)13-27-5-7-37-9-11-39-12-10-38-8-6-28-19(34)4-2-1-3-18-21-17(15-40-18)30-25(36)31-21/h14,17-18,21,27H,1-13,15H2,(H,28,34)(H2,30,31,36)(H4,26,29,32,33,35)/t17-,18-,21-/m0/s1. The van der Waals surface area contributed by atoms with Crippen LogP contribution in [0.2, 0.25) is 0 Å². The Kier molecular flexibility index (Phi) is 11.9. The molecule has 3 amide bonds. The number of nitrogens with two attached hydrogens (primary N) is 1. The van der Waals surface area contributed by atoms with Crippen molar-refractivity contribution in [3.05, 3.63) is 22.1 Å². The van der Waals surface area contributed by atoms with E-state index >= 15 is 0 Å². The highest BCUT2D eigenvalue weighted by Gasteiger charge is 2.42. The molecule has 2 aliphatic rings. The fraction of sp³-hybridized carbons (Fsp3) is 0.680. The van der Waals surface area contributed by atoms with Crippen molar-refractivity contribution >= 4 is 40.7 Å². The van der Waals surface area contributed by atoms with E-state index in [9.17, 15) is 14.4 Å². The van der Waals surface area contributed by atoms with E-state index in [-0.39, 0.29) is 35.5 Å². The average Bonchev–Trinajstić information content (AvgIpc) is 3.61. The van der Waals surface area contributed by atoms with Crippen LogP contribution in [0.4, 0.5) is 10.7 Å². The minimum absolute atomic E-state index is 0.0385. The lowest BCUT2D eigenvalue weighted by molar-refractivity contribution is -0.121. The number of thioether (sulfide) groups is 1. The Morgan fingerprint density at radius 3 is 2.60 bits per heavy atom. The van der Waals surface area contributed by atoms with Crippen LogP contribution in [-0.4, -0.2) is 103 Å². The van der Waals surface area contributed by atoms with E-state index in [0.29, 0.717) is 82.0 Å². The summed E-state index contributed by atoms with van der Waals surface area (Å²) in [6.45, 7) is 4.42. The molecule has 0 spiro atoms. The van der Waals surface area contributed by atoms with Gasteiger partial charge in [0.05, 0.1) is 57.1 Å². The molecule has 0 saturated carbocycles. The maximum Gasteiger partial charge on any atom is 0.315 e. The number of H-pyrrole nitrogens is 2. The van der Waals surface area contributed by atoms with Gasteiger partial charge in [-0.2, -0.15) is 16.7 Å². The molecule has 2 aromatic heterocycles. The number of nitrogens with one attached hydrogen (secondary N) is 6. The summed E-state index contributed by atoms with van der Waals surface area (Å²) in [5.74, 6) is 1.08. The molecule has 0 radical (unpaired) electrons. The van der Waals surface area contributed by atoms with Crippen LogP contribution in [0.25, 0.3) is 11.0 Å². The summed E-state index contributed by atoms with van der Waals surface area (Å²) in [5, 5.41) is 13.0. The molecule has 15 heteroatoms. The van der Waals surface area contributed by atoms with E-state index in [2.05, 4.69) is 36.2 Å². The second kappa shape index (κ2) is 15.8. The minimum atomic E-state index is -0.262. The third kappa shape index (κ3) is 9.09. The van der Waals surface area contributed by atoms with Crippen LogP contribution >= 0.6 is 11.8 Å². The first-order valence-electron chi connectivity index (χ1n) is 13.8. The Bertz CT molecular complexity index is 1160. The second-order valence-electron chi connectivity index (χ2n) is 9.72. The number of carbonyl (C=O) groups excluding carboxylic acids is 2. The van der Waals surface area contributed by atoms with Crippen LogP contribution < -0.4 is 32.6 Å². The summed E-state index contributed by atoms with van der Waals surface area (Å²) in [6.07, 6.45) is 5.07. The lowest BCUT2D eigenvalue weighted by atomic mass is 10.0. The van der Waals surface area contributed by atoms with Gasteiger partial charge < -0.3 is 46.2 Å². The zero-order chi connectivity index (χ0) is 28.2. The van der Waals surface area contributed by atoms with Crippen molar-refractivity contribution in [3.8, 4) is 0 Å². The zero-order valence-electron chi connectivity index (χ0n) is 22.6. The summed E-state index contributed by atoms with van der Waals surface area (Å²) >= 11 is 1.90. The van der Waals surface area contributed by atoms with Crippen molar-refractivity contribution < 1.29 is 23.8 Å². The van der Waals surface area contributed by atoms with Gasteiger partial charge in [0.15, 0.2) is 0 Å². The van der Waals surface area contributed by atoms with Gasteiger partial charge in [-0.25, -0.2) is 4.79 Å². The van der Waals surface area contributed by atoms with Gasteiger partial charge in [0.1, 0.15) is 5.65 Å². The van der Waals surface area contributed by atoms with Crippen LogP contribution in [-0.2, 0) is 25.5 Å². The molecule has 8 N–H and O–H groups in total. The molecule has 14 nitrogen and oxygen atoms in total. The van der Waals surface area contributed by atoms with Crippen LogP contribution in [0.15, 0.2) is 11.0 Å². The van der Waals surface area contributed by atoms with E-state index < -0.39 is 0 Å². The van der Waals surface area contributed by atoms with Gasteiger partial charge in [0.2, 0.25) is 11.9 Å². The zero-order valence-corrected chi connectivity index (χ0v) is 23.4. The summed E-state index contributed by atoms with van der Waals surface area (Å²) in [5.41, 5.74) is 6.58. The van der Waals surface area contributed by atoms with Crippen molar-refractivity contribution in [2.75, 3.05) is 64.2 Å². The molecule has 0 unspecified atom stereocenters. The van der Waals surface area contributed by atoms with Gasteiger partial charge in [0, 0.05) is 43.3 Å². The number of aromatic nitrogens is 3. The molecule has 2 fully saturated rings. The smallest absolute Gasteiger partial charge is 0.315 e. The third-order valence-electron chi connectivity index (χ3n) is 6.77. The van der Waals surface area contributed by atoms with Crippen LogP contribution in [0.3, 0.4) is 0 Å². The van der Waals surface area contributed by atoms with Crippen molar-refractivity contribution in [2.45, 2.75) is 49.6 Å². The lowest BCUT2D eigenvalue weighted by Gasteiger charge is -2.16. The predicted octanol–water partition coefficient (Wildman–Crippen LogP) is -0.185. The number of unbranched alkanes of at least 4 members (excludes halogenated alkanes) is 1. The molecular weight excluding hydrogens is 540 g/mol. The fourth-order valence-corrected chi connectivity index (χ4v) is 6.34. The highest BCUT2D eigenvalue weighted by atomic mass is 32.2. The number of hydrogen-bond donors (Lipinski definition) is 7. The number of ether oxygens (including phenoxy) is 3. The number of carbonyl (C=O) groups is 2. The number of nitrogen functional groups attached to an aromatic ring is 1. The number of fused-ring (bicyclic) bond motifs is 2. The minimum Gasteiger partial charge on any atom is -0.378 e. The fourth-order valence-electron chi connectivity index (χ4n) is 4.79. The molecule has 0 aromatic carbocycles. The van der Waals surface area contributed by atoms with Crippen molar-refractivity contribution in [3.63, 3.8) is 0 Å². The summed E-state index contributed by atoms with van der Waals surface area (Å²) in [7, 11) is 0. The lowest BCUT2D eigenvalue weighted by Crippen LogP contribution is -2.36. The van der Waals surface area contributed by atoms with Gasteiger partial charge in [-0.05, 0) is 18.4 Å². The Morgan fingerprint density at radius 1 is 1.05 bits per heavy atom. The number of rotatable bonds is 19. The first-order valence-corrected chi connectivity index (χ1v) is 14.8. The van der Waals surface area contributed by atoms with Gasteiger partial charge in [-0.3, -0.25) is 14.6 Å². The molecular formula is C25H40N8O6S. The van der Waals surface area contributed by atoms with Crippen molar-refractivity contribution in [2.24, 2.45) is 0 Å². The summed E-state index contributed by atoms with van der Waals surface area (Å²) < 4.78 is 16.5. The molecule has 2 aromatic rings. The largest absolute Gasteiger partial charge is 0.378 e. The monoisotopic (exact) mass is 580 g/mol. The molecule has 0 bridgehead atoms. The molecule has 3 atom stereocenters.